The smallest absolute Gasteiger partial charge is 0.163 e. The van der Waals surface area contributed by atoms with E-state index < -0.39 is 0 Å². The number of Topliss-reactive ketones (excluding diaryl/α,β-unsaturated/α-hetero) is 1. The zero-order valence-corrected chi connectivity index (χ0v) is 16.6. The van der Waals surface area contributed by atoms with Crippen molar-refractivity contribution in [2.75, 3.05) is 0 Å². The normalized spacial score (nSPS) is 11.9. The van der Waals surface area contributed by atoms with Crippen molar-refractivity contribution >= 4 is 21.7 Å². The minimum Gasteiger partial charge on any atom is -0.294 e. The van der Waals surface area contributed by atoms with E-state index in [0.717, 1.165) is 34.0 Å². The van der Waals surface area contributed by atoms with E-state index in [1.165, 1.54) is 5.56 Å². The van der Waals surface area contributed by atoms with Crippen LogP contribution in [-0.4, -0.2) is 5.78 Å². The molecule has 0 heterocycles. The average Bonchev–Trinajstić information content (AvgIpc) is 2.69. The van der Waals surface area contributed by atoms with Crippen LogP contribution in [0, 0.1) is 0 Å². The topological polar surface area (TPSA) is 17.1 Å². The van der Waals surface area contributed by atoms with Crippen LogP contribution in [-0.2, 0) is 0 Å². The number of halogens is 1. The Morgan fingerprint density at radius 3 is 2.00 bits per heavy atom. The third kappa shape index (κ3) is 4.70. The molecule has 3 rings (SSSR count). The second kappa shape index (κ2) is 8.95. The number of carbonyl (C=O) groups is 1. The summed E-state index contributed by atoms with van der Waals surface area (Å²) in [5.41, 5.74) is 4.33. The first kappa shape index (κ1) is 18.6. The first-order chi connectivity index (χ1) is 12.7. The summed E-state index contributed by atoms with van der Waals surface area (Å²) in [7, 11) is 0. The van der Waals surface area contributed by atoms with Crippen LogP contribution in [0.15, 0.2) is 83.3 Å². The Balaban J connectivity index is 1.73. The Morgan fingerprint density at radius 2 is 1.42 bits per heavy atom. The van der Waals surface area contributed by atoms with Gasteiger partial charge in [0.2, 0.25) is 0 Å². The minimum absolute atomic E-state index is 0.217. The molecule has 0 aliphatic carbocycles. The third-order valence-electron chi connectivity index (χ3n) is 4.72. The second-order valence-corrected chi connectivity index (χ2v) is 7.52. The van der Waals surface area contributed by atoms with Gasteiger partial charge in [-0.2, -0.15) is 0 Å². The zero-order valence-electron chi connectivity index (χ0n) is 15.0. The van der Waals surface area contributed by atoms with Gasteiger partial charge in [-0.05, 0) is 41.2 Å². The average molecular weight is 407 g/mol. The lowest BCUT2D eigenvalue weighted by Gasteiger charge is -2.16. The Kier molecular flexibility index (Phi) is 6.40. The Labute approximate surface area is 164 Å². The van der Waals surface area contributed by atoms with Crippen LogP contribution in [0.25, 0.3) is 11.1 Å². The molecule has 0 amide bonds. The molecule has 0 spiro atoms. The minimum atomic E-state index is 0.217. The van der Waals surface area contributed by atoms with Gasteiger partial charge in [0.25, 0.3) is 0 Å². The summed E-state index contributed by atoms with van der Waals surface area (Å²) >= 11 is 3.46. The number of hydrogen-bond donors (Lipinski definition) is 0. The third-order valence-corrected chi connectivity index (χ3v) is 5.25. The number of ketones is 1. The number of carbonyl (C=O) groups excluding carboxylic acids is 1. The largest absolute Gasteiger partial charge is 0.294 e. The van der Waals surface area contributed by atoms with Crippen LogP contribution in [0.4, 0.5) is 0 Å². The Morgan fingerprint density at radius 1 is 0.846 bits per heavy atom. The fourth-order valence-electron chi connectivity index (χ4n) is 3.29. The van der Waals surface area contributed by atoms with E-state index in [1.807, 2.05) is 42.5 Å². The first-order valence-corrected chi connectivity index (χ1v) is 9.91. The van der Waals surface area contributed by atoms with E-state index in [9.17, 15) is 4.79 Å². The maximum absolute atomic E-state index is 12.8. The van der Waals surface area contributed by atoms with Crippen LogP contribution < -0.4 is 0 Å². The van der Waals surface area contributed by atoms with Gasteiger partial charge in [0.05, 0.1) is 0 Å². The fraction of sp³-hybridized carbons (Fsp3) is 0.208. The van der Waals surface area contributed by atoms with Crippen LogP contribution in [0.5, 0.6) is 0 Å². The molecule has 26 heavy (non-hydrogen) atoms. The summed E-state index contributed by atoms with van der Waals surface area (Å²) in [6, 6.07) is 26.6. The van der Waals surface area contributed by atoms with E-state index in [4.69, 9.17) is 0 Å². The predicted octanol–water partition coefficient (Wildman–Crippen LogP) is 7.27. The van der Waals surface area contributed by atoms with Crippen LogP contribution in [0.3, 0.4) is 0 Å². The van der Waals surface area contributed by atoms with Crippen molar-refractivity contribution in [2.24, 2.45) is 0 Å². The predicted molar refractivity (Wildman–Crippen MR) is 113 cm³/mol. The van der Waals surface area contributed by atoms with Crippen LogP contribution >= 0.6 is 15.9 Å². The van der Waals surface area contributed by atoms with Gasteiger partial charge in [-0.15, -0.1) is 0 Å². The lowest BCUT2D eigenvalue weighted by molar-refractivity contribution is 0.0972. The van der Waals surface area contributed by atoms with Gasteiger partial charge in [-0.25, -0.2) is 0 Å². The molecular formula is C24H23BrO. The molecule has 1 atom stereocenters. The first-order valence-electron chi connectivity index (χ1n) is 9.11. The molecule has 0 radical (unpaired) electrons. The summed E-state index contributed by atoms with van der Waals surface area (Å²) in [5.74, 6) is 0.509. The van der Waals surface area contributed by atoms with Crippen molar-refractivity contribution in [3.05, 3.63) is 94.5 Å². The van der Waals surface area contributed by atoms with E-state index in [1.54, 1.807) is 0 Å². The molecule has 0 fully saturated rings. The van der Waals surface area contributed by atoms with Crippen molar-refractivity contribution in [3.8, 4) is 11.1 Å². The van der Waals surface area contributed by atoms with Gasteiger partial charge >= 0.3 is 0 Å². The number of hydrogen-bond acceptors (Lipinski definition) is 1. The van der Waals surface area contributed by atoms with Gasteiger partial charge in [0, 0.05) is 16.5 Å². The van der Waals surface area contributed by atoms with Gasteiger partial charge in [0.1, 0.15) is 0 Å². The van der Waals surface area contributed by atoms with E-state index in [-0.39, 0.29) is 5.78 Å². The highest BCUT2D eigenvalue weighted by Crippen LogP contribution is 2.27. The SMILES string of the molecule is CCCC(CC(=O)c1ccc(-c2ccc(Br)cc2)cc1)c1ccccc1. The van der Waals surface area contributed by atoms with Crippen molar-refractivity contribution in [3.63, 3.8) is 0 Å². The molecule has 1 unspecified atom stereocenters. The molecule has 0 N–H and O–H groups in total. The van der Waals surface area contributed by atoms with E-state index in [0.29, 0.717) is 12.3 Å². The van der Waals surface area contributed by atoms with Gasteiger partial charge in [-0.3, -0.25) is 4.79 Å². The molecule has 132 valence electrons. The maximum Gasteiger partial charge on any atom is 0.163 e. The summed E-state index contributed by atoms with van der Waals surface area (Å²) in [6.07, 6.45) is 2.68. The number of benzene rings is 3. The van der Waals surface area contributed by atoms with Crippen molar-refractivity contribution in [2.45, 2.75) is 32.1 Å². The maximum atomic E-state index is 12.8. The van der Waals surface area contributed by atoms with E-state index >= 15 is 0 Å². The summed E-state index contributed by atoms with van der Waals surface area (Å²) in [5, 5.41) is 0. The Hall–Kier alpha value is -2.19. The molecule has 0 saturated carbocycles. The molecule has 0 aromatic heterocycles. The summed E-state index contributed by atoms with van der Waals surface area (Å²) in [4.78, 5) is 12.8. The quantitative estimate of drug-likeness (QED) is 0.376. The van der Waals surface area contributed by atoms with Crippen LogP contribution in [0.2, 0.25) is 0 Å². The monoisotopic (exact) mass is 406 g/mol. The highest BCUT2D eigenvalue weighted by atomic mass is 79.9. The summed E-state index contributed by atoms with van der Waals surface area (Å²) < 4.78 is 1.07. The molecule has 0 aliphatic heterocycles. The van der Waals surface area contributed by atoms with Gasteiger partial charge < -0.3 is 0 Å². The molecule has 0 saturated heterocycles. The second-order valence-electron chi connectivity index (χ2n) is 6.61. The van der Waals surface area contributed by atoms with Crippen molar-refractivity contribution in [1.82, 2.24) is 0 Å². The van der Waals surface area contributed by atoms with Gasteiger partial charge in [-0.1, -0.05) is 96.0 Å². The van der Waals surface area contributed by atoms with Gasteiger partial charge in [0.15, 0.2) is 5.78 Å². The molecule has 0 bridgehead atoms. The molecule has 3 aromatic rings. The molecule has 0 aliphatic rings. The number of rotatable bonds is 7. The lowest BCUT2D eigenvalue weighted by atomic mass is 9.88. The van der Waals surface area contributed by atoms with Crippen LogP contribution in [0.1, 0.15) is 48.0 Å². The lowest BCUT2D eigenvalue weighted by Crippen LogP contribution is -2.07. The van der Waals surface area contributed by atoms with Crippen molar-refractivity contribution < 1.29 is 4.79 Å². The molecule has 1 nitrogen and oxygen atoms in total. The zero-order chi connectivity index (χ0) is 18.4. The summed E-state index contributed by atoms with van der Waals surface area (Å²) in [6.45, 7) is 2.17. The molecule has 2 heteroatoms. The molecule has 3 aromatic carbocycles. The van der Waals surface area contributed by atoms with E-state index in [2.05, 4.69) is 59.3 Å². The Bertz CT molecular complexity index is 836. The highest BCUT2D eigenvalue weighted by molar-refractivity contribution is 9.10. The molecular weight excluding hydrogens is 384 g/mol. The highest BCUT2D eigenvalue weighted by Gasteiger charge is 2.16. The fourth-order valence-corrected chi connectivity index (χ4v) is 3.56. The van der Waals surface area contributed by atoms with Crippen molar-refractivity contribution in [1.29, 1.82) is 0 Å². The standard InChI is InChI=1S/C24H23BrO/c1-2-6-22(18-7-4-3-5-8-18)17-24(26)21-11-9-19(10-12-21)20-13-15-23(25)16-14-20/h3-5,7-16,22H,2,6,17H2,1H3.